The van der Waals surface area contributed by atoms with Gasteiger partial charge in [-0.25, -0.2) is 0 Å². The molecule has 142 valence electrons. The van der Waals surface area contributed by atoms with E-state index in [4.69, 9.17) is 4.74 Å². The van der Waals surface area contributed by atoms with Crippen LogP contribution in [0.25, 0.3) is 0 Å². The number of carbonyl (C=O) groups is 2. The molecule has 0 bridgehead atoms. The van der Waals surface area contributed by atoms with E-state index in [1.807, 2.05) is 17.0 Å². The lowest BCUT2D eigenvalue weighted by atomic mass is 10.0. The average Bonchev–Trinajstić information content (AvgIpc) is 3.15. The predicted molar refractivity (Wildman–Crippen MR) is 108 cm³/mol. The van der Waals surface area contributed by atoms with Crippen LogP contribution < -0.4 is 4.74 Å². The Balaban J connectivity index is 1.75. The number of likely N-dealkylation sites (N-methyl/N-ethyl adjacent to an activating group) is 1. The molecule has 3 rings (SSSR count). The second-order valence-electron chi connectivity index (χ2n) is 6.82. The van der Waals surface area contributed by atoms with Gasteiger partial charge in [-0.2, -0.15) is 0 Å². The van der Waals surface area contributed by atoms with E-state index in [9.17, 15) is 9.59 Å². The fourth-order valence-corrected chi connectivity index (χ4v) is 3.65. The van der Waals surface area contributed by atoms with Crippen molar-refractivity contribution in [3.05, 3.63) is 64.1 Å². The molecule has 0 aromatic heterocycles. The second-order valence-corrected chi connectivity index (χ2v) is 7.73. The highest BCUT2D eigenvalue weighted by Gasteiger charge is 2.30. The Hall–Kier alpha value is -2.34. The van der Waals surface area contributed by atoms with Crippen molar-refractivity contribution in [2.24, 2.45) is 0 Å². The summed E-state index contributed by atoms with van der Waals surface area (Å²) in [6, 6.07) is 15.2. The molecule has 0 spiro atoms. The van der Waals surface area contributed by atoms with Crippen LogP contribution in [0.4, 0.5) is 0 Å². The van der Waals surface area contributed by atoms with Crippen LogP contribution in [-0.4, -0.2) is 48.9 Å². The summed E-state index contributed by atoms with van der Waals surface area (Å²) in [6.07, 6.45) is 1.94. The van der Waals surface area contributed by atoms with E-state index in [0.717, 1.165) is 29.4 Å². The van der Waals surface area contributed by atoms with Crippen LogP contribution in [0.3, 0.4) is 0 Å². The third kappa shape index (κ3) is 4.69. The molecule has 1 fully saturated rings. The van der Waals surface area contributed by atoms with Crippen molar-refractivity contribution in [1.82, 2.24) is 9.80 Å². The Morgan fingerprint density at radius 1 is 1.19 bits per heavy atom. The summed E-state index contributed by atoms with van der Waals surface area (Å²) >= 11 is 3.51. The normalized spacial score (nSPS) is 16.3. The van der Waals surface area contributed by atoms with Crippen LogP contribution >= 0.6 is 15.9 Å². The van der Waals surface area contributed by atoms with Gasteiger partial charge in [0.1, 0.15) is 5.75 Å². The lowest BCUT2D eigenvalue weighted by Gasteiger charge is -2.25. The highest BCUT2D eigenvalue weighted by molar-refractivity contribution is 9.10. The number of amides is 2. The number of halogens is 1. The van der Waals surface area contributed by atoms with E-state index in [0.29, 0.717) is 11.3 Å². The summed E-state index contributed by atoms with van der Waals surface area (Å²) < 4.78 is 6.56. The molecule has 0 saturated carbocycles. The smallest absolute Gasteiger partial charge is 0.259 e. The molecular formula is C21H23BrN2O3. The minimum atomic E-state index is -0.124. The molecule has 2 aromatic rings. The molecular weight excluding hydrogens is 408 g/mol. The van der Waals surface area contributed by atoms with Gasteiger partial charge >= 0.3 is 0 Å². The number of hydrogen-bond acceptors (Lipinski definition) is 3. The first-order valence-corrected chi connectivity index (χ1v) is 9.74. The summed E-state index contributed by atoms with van der Waals surface area (Å²) in [5.41, 5.74) is 1.71. The Labute approximate surface area is 168 Å². The van der Waals surface area contributed by atoms with E-state index >= 15 is 0 Å². The summed E-state index contributed by atoms with van der Waals surface area (Å²) in [7, 11) is 3.36. The number of rotatable bonds is 5. The number of benzene rings is 2. The number of likely N-dealkylation sites (tertiary alicyclic amines) is 1. The van der Waals surface area contributed by atoms with E-state index in [-0.39, 0.29) is 24.5 Å². The molecule has 0 N–H and O–H groups in total. The van der Waals surface area contributed by atoms with Crippen LogP contribution in [-0.2, 0) is 4.79 Å². The Morgan fingerprint density at radius 3 is 2.70 bits per heavy atom. The fraction of sp³-hybridized carbons (Fsp3) is 0.333. The van der Waals surface area contributed by atoms with Gasteiger partial charge in [0.25, 0.3) is 11.8 Å². The second kappa shape index (κ2) is 8.57. The van der Waals surface area contributed by atoms with Crippen molar-refractivity contribution < 1.29 is 14.3 Å². The molecule has 0 aliphatic carbocycles. The van der Waals surface area contributed by atoms with E-state index < -0.39 is 0 Å². The third-order valence-corrected chi connectivity index (χ3v) is 5.18. The molecule has 27 heavy (non-hydrogen) atoms. The van der Waals surface area contributed by atoms with Gasteiger partial charge in [0.15, 0.2) is 6.61 Å². The zero-order chi connectivity index (χ0) is 19.4. The van der Waals surface area contributed by atoms with Crippen LogP contribution in [0, 0.1) is 0 Å². The zero-order valence-electron chi connectivity index (χ0n) is 15.5. The molecule has 6 heteroatoms. The lowest BCUT2D eigenvalue weighted by molar-refractivity contribution is -0.130. The minimum Gasteiger partial charge on any atom is -0.484 e. The quantitative estimate of drug-likeness (QED) is 0.722. The molecule has 1 aliphatic rings. The molecule has 1 unspecified atom stereocenters. The highest BCUT2D eigenvalue weighted by Crippen LogP contribution is 2.34. The van der Waals surface area contributed by atoms with Crippen LogP contribution in [0.5, 0.6) is 5.75 Å². The Kier molecular flexibility index (Phi) is 6.16. The van der Waals surface area contributed by atoms with Crippen LogP contribution in [0.1, 0.15) is 34.8 Å². The lowest BCUT2D eigenvalue weighted by Crippen LogP contribution is -2.30. The van der Waals surface area contributed by atoms with E-state index in [1.54, 1.807) is 38.4 Å². The first kappa shape index (κ1) is 19.4. The molecule has 1 atom stereocenters. The van der Waals surface area contributed by atoms with E-state index in [2.05, 4.69) is 28.1 Å². The van der Waals surface area contributed by atoms with Crippen molar-refractivity contribution in [2.45, 2.75) is 18.9 Å². The van der Waals surface area contributed by atoms with Gasteiger partial charge in [0.2, 0.25) is 0 Å². The fourth-order valence-electron chi connectivity index (χ4n) is 3.23. The standard InChI is InChI=1S/C21H23BrN2O3/c1-23(2)20(25)14-27-18-9-4-7-16(13-18)21(26)24-11-5-10-19(24)15-6-3-8-17(22)12-15/h3-4,6-9,12-13,19H,5,10-11,14H2,1-2H3. The topological polar surface area (TPSA) is 49.9 Å². The minimum absolute atomic E-state index is 0.0122. The maximum atomic E-state index is 13.1. The van der Waals surface area contributed by atoms with Gasteiger partial charge in [-0.15, -0.1) is 0 Å². The van der Waals surface area contributed by atoms with Gasteiger partial charge in [-0.3, -0.25) is 9.59 Å². The van der Waals surface area contributed by atoms with E-state index in [1.165, 1.54) is 4.90 Å². The number of carbonyl (C=O) groups excluding carboxylic acids is 2. The molecule has 1 heterocycles. The number of hydrogen-bond donors (Lipinski definition) is 0. The largest absolute Gasteiger partial charge is 0.484 e. The maximum absolute atomic E-state index is 13.1. The van der Waals surface area contributed by atoms with Crippen molar-refractivity contribution in [1.29, 1.82) is 0 Å². The molecule has 1 saturated heterocycles. The van der Waals surface area contributed by atoms with Gasteiger partial charge in [0, 0.05) is 30.7 Å². The van der Waals surface area contributed by atoms with Gasteiger partial charge in [-0.05, 0) is 48.7 Å². The van der Waals surface area contributed by atoms with Gasteiger partial charge in [-0.1, -0.05) is 34.1 Å². The summed E-state index contributed by atoms with van der Waals surface area (Å²) in [6.45, 7) is 0.690. The van der Waals surface area contributed by atoms with Crippen LogP contribution in [0.2, 0.25) is 0 Å². The summed E-state index contributed by atoms with van der Waals surface area (Å²) in [5, 5.41) is 0. The summed E-state index contributed by atoms with van der Waals surface area (Å²) in [5.74, 6) is 0.386. The molecule has 2 amide bonds. The molecule has 5 nitrogen and oxygen atoms in total. The van der Waals surface area contributed by atoms with Crippen molar-refractivity contribution in [2.75, 3.05) is 27.2 Å². The third-order valence-electron chi connectivity index (χ3n) is 4.69. The van der Waals surface area contributed by atoms with Gasteiger partial charge < -0.3 is 14.5 Å². The molecule has 1 aliphatic heterocycles. The maximum Gasteiger partial charge on any atom is 0.259 e. The monoisotopic (exact) mass is 430 g/mol. The molecule has 2 aromatic carbocycles. The molecule has 0 radical (unpaired) electrons. The Morgan fingerprint density at radius 2 is 1.96 bits per heavy atom. The average molecular weight is 431 g/mol. The summed E-state index contributed by atoms with van der Waals surface area (Å²) in [4.78, 5) is 28.2. The zero-order valence-corrected chi connectivity index (χ0v) is 17.1. The number of nitrogens with zero attached hydrogens (tertiary/aromatic N) is 2. The van der Waals surface area contributed by atoms with Crippen LogP contribution in [0.15, 0.2) is 53.0 Å². The van der Waals surface area contributed by atoms with Gasteiger partial charge in [0.05, 0.1) is 6.04 Å². The van der Waals surface area contributed by atoms with Crippen molar-refractivity contribution >= 4 is 27.7 Å². The van der Waals surface area contributed by atoms with Crippen molar-refractivity contribution in [3.63, 3.8) is 0 Å². The van der Waals surface area contributed by atoms with Crippen molar-refractivity contribution in [3.8, 4) is 5.75 Å². The SMILES string of the molecule is CN(C)C(=O)COc1cccc(C(=O)N2CCCC2c2cccc(Br)c2)c1. The number of ether oxygens (including phenoxy) is 1. The Bertz CT molecular complexity index is 838. The predicted octanol–water partition coefficient (Wildman–Crippen LogP) is 3.89. The first-order valence-electron chi connectivity index (χ1n) is 8.95. The highest BCUT2D eigenvalue weighted by atomic mass is 79.9. The first-order chi connectivity index (χ1) is 13.0.